The van der Waals surface area contributed by atoms with Crippen LogP contribution >= 0.6 is 0 Å². The van der Waals surface area contributed by atoms with Crippen LogP contribution in [0.1, 0.15) is 12.5 Å². The van der Waals surface area contributed by atoms with Gasteiger partial charge in [0.25, 0.3) is 10.0 Å². The fourth-order valence-corrected chi connectivity index (χ4v) is 3.60. The summed E-state index contributed by atoms with van der Waals surface area (Å²) in [5, 5.41) is 0. The van der Waals surface area contributed by atoms with Gasteiger partial charge in [0.2, 0.25) is 0 Å². The molecule has 1 heterocycles. The van der Waals surface area contributed by atoms with Gasteiger partial charge in [-0.1, -0.05) is 17.7 Å². The van der Waals surface area contributed by atoms with Gasteiger partial charge in [-0.15, -0.1) is 0 Å². The Kier molecular flexibility index (Phi) is 4.44. The maximum atomic E-state index is 12.8. The number of aromatic nitrogens is 1. The first kappa shape index (κ1) is 15.3. The van der Waals surface area contributed by atoms with Crippen molar-refractivity contribution in [3.63, 3.8) is 0 Å². The van der Waals surface area contributed by atoms with E-state index >= 15 is 0 Å². The molecule has 1 aromatic heterocycles. The summed E-state index contributed by atoms with van der Waals surface area (Å²) in [6, 6.07) is 8.83. The summed E-state index contributed by atoms with van der Waals surface area (Å²) < 4.78 is 27.0. The minimum absolute atomic E-state index is 0.0509. The van der Waals surface area contributed by atoms with Crippen molar-refractivity contribution >= 4 is 21.4 Å². The Bertz CT molecular complexity index is 714. The Morgan fingerprint density at radius 3 is 2.48 bits per heavy atom. The second kappa shape index (κ2) is 6.11. The third-order valence-corrected chi connectivity index (χ3v) is 5.05. The molecule has 1 aromatic carbocycles. The molecule has 0 aliphatic carbocycles. The Labute approximate surface area is 124 Å². The first-order valence-electron chi connectivity index (χ1n) is 6.50. The standard InChI is InChI=1S/C14H18N4O2S/c1-3-18(12-6-4-11(2)5-7-12)21(19,20)14-10-16-9-8-13(14)17-15/h4-10H,3,15H2,1-2H3,(H,16,17). The quantitative estimate of drug-likeness (QED) is 0.650. The van der Waals surface area contributed by atoms with Gasteiger partial charge in [0.15, 0.2) is 0 Å². The van der Waals surface area contributed by atoms with Crippen molar-refractivity contribution in [2.75, 3.05) is 16.3 Å². The first-order valence-corrected chi connectivity index (χ1v) is 7.94. The molecule has 21 heavy (non-hydrogen) atoms. The predicted molar refractivity (Wildman–Crippen MR) is 83.4 cm³/mol. The lowest BCUT2D eigenvalue weighted by Crippen LogP contribution is -2.31. The van der Waals surface area contributed by atoms with Gasteiger partial charge in [0.1, 0.15) is 4.90 Å². The van der Waals surface area contributed by atoms with Crippen molar-refractivity contribution in [1.29, 1.82) is 0 Å². The van der Waals surface area contributed by atoms with Gasteiger partial charge in [-0.2, -0.15) is 0 Å². The molecule has 3 N–H and O–H groups in total. The van der Waals surface area contributed by atoms with E-state index in [0.29, 0.717) is 17.9 Å². The molecule has 112 valence electrons. The molecule has 2 aromatic rings. The van der Waals surface area contributed by atoms with E-state index in [1.165, 1.54) is 22.8 Å². The molecular formula is C14H18N4O2S. The number of hydrogen-bond donors (Lipinski definition) is 2. The van der Waals surface area contributed by atoms with Crippen LogP contribution in [0.2, 0.25) is 0 Å². The van der Waals surface area contributed by atoms with Crippen LogP contribution in [0.15, 0.2) is 47.6 Å². The number of nitrogens with one attached hydrogen (secondary N) is 1. The Balaban J connectivity index is 2.52. The minimum Gasteiger partial charge on any atom is -0.323 e. The summed E-state index contributed by atoms with van der Waals surface area (Å²) in [5.74, 6) is 5.39. The number of anilines is 2. The van der Waals surface area contributed by atoms with Gasteiger partial charge < -0.3 is 5.43 Å². The molecule has 0 radical (unpaired) electrons. The SMILES string of the molecule is CCN(c1ccc(C)cc1)S(=O)(=O)c1cnccc1NN. The van der Waals surface area contributed by atoms with Crippen LogP contribution in [0.25, 0.3) is 0 Å². The van der Waals surface area contributed by atoms with E-state index in [-0.39, 0.29) is 4.90 Å². The van der Waals surface area contributed by atoms with Crippen LogP contribution in [0.5, 0.6) is 0 Å². The highest BCUT2D eigenvalue weighted by molar-refractivity contribution is 7.93. The third kappa shape index (κ3) is 2.98. The number of pyridine rings is 1. The molecule has 0 aliphatic rings. The zero-order valence-corrected chi connectivity index (χ0v) is 12.8. The summed E-state index contributed by atoms with van der Waals surface area (Å²) in [7, 11) is -3.73. The average Bonchev–Trinajstić information content (AvgIpc) is 2.49. The number of nitrogens with two attached hydrogens (primary N) is 1. The second-order valence-electron chi connectivity index (χ2n) is 4.52. The molecule has 7 heteroatoms. The van der Waals surface area contributed by atoms with Gasteiger partial charge in [0, 0.05) is 18.9 Å². The highest BCUT2D eigenvalue weighted by atomic mass is 32.2. The Morgan fingerprint density at radius 1 is 1.24 bits per heavy atom. The van der Waals surface area contributed by atoms with Crippen molar-refractivity contribution in [2.45, 2.75) is 18.7 Å². The average molecular weight is 306 g/mol. The third-order valence-electron chi connectivity index (χ3n) is 3.12. The van der Waals surface area contributed by atoms with E-state index in [9.17, 15) is 8.42 Å². The number of aryl methyl sites for hydroxylation is 1. The van der Waals surface area contributed by atoms with Crippen LogP contribution in [0, 0.1) is 6.92 Å². The zero-order chi connectivity index (χ0) is 15.5. The van der Waals surface area contributed by atoms with Gasteiger partial charge in [-0.3, -0.25) is 15.1 Å². The monoisotopic (exact) mass is 306 g/mol. The van der Waals surface area contributed by atoms with Crippen LogP contribution in [0.3, 0.4) is 0 Å². The van der Waals surface area contributed by atoms with Crippen LogP contribution in [-0.4, -0.2) is 19.9 Å². The van der Waals surface area contributed by atoms with Crippen molar-refractivity contribution in [2.24, 2.45) is 5.84 Å². The van der Waals surface area contributed by atoms with Crippen molar-refractivity contribution < 1.29 is 8.42 Å². The molecule has 2 rings (SSSR count). The Morgan fingerprint density at radius 2 is 1.90 bits per heavy atom. The topological polar surface area (TPSA) is 88.3 Å². The maximum Gasteiger partial charge on any atom is 0.267 e. The smallest absolute Gasteiger partial charge is 0.267 e. The molecule has 0 spiro atoms. The summed E-state index contributed by atoms with van der Waals surface area (Å²) in [6.07, 6.45) is 2.78. The van der Waals surface area contributed by atoms with E-state index in [1.54, 1.807) is 19.1 Å². The highest BCUT2D eigenvalue weighted by Gasteiger charge is 2.26. The lowest BCUT2D eigenvalue weighted by Gasteiger charge is -2.24. The number of nitrogens with zero attached hydrogens (tertiary/aromatic N) is 2. The summed E-state index contributed by atoms with van der Waals surface area (Å²) >= 11 is 0. The van der Waals surface area contributed by atoms with E-state index in [2.05, 4.69) is 10.4 Å². The van der Waals surface area contributed by atoms with Gasteiger partial charge in [-0.25, -0.2) is 8.42 Å². The molecule has 0 bridgehead atoms. The fourth-order valence-electron chi connectivity index (χ4n) is 2.03. The first-order chi connectivity index (χ1) is 10.0. The molecule has 0 saturated heterocycles. The minimum atomic E-state index is -3.73. The van der Waals surface area contributed by atoms with Gasteiger partial charge in [-0.05, 0) is 32.0 Å². The lowest BCUT2D eigenvalue weighted by atomic mass is 10.2. The van der Waals surface area contributed by atoms with Crippen molar-refractivity contribution in [3.05, 3.63) is 48.3 Å². The molecule has 6 nitrogen and oxygen atoms in total. The largest absolute Gasteiger partial charge is 0.323 e. The Hall–Kier alpha value is -2.12. The van der Waals surface area contributed by atoms with Crippen LogP contribution in [0.4, 0.5) is 11.4 Å². The summed E-state index contributed by atoms with van der Waals surface area (Å²) in [4.78, 5) is 3.93. The number of nitrogen functional groups attached to an aromatic ring is 1. The summed E-state index contributed by atoms with van der Waals surface area (Å²) in [6.45, 7) is 4.04. The van der Waals surface area contributed by atoms with Crippen LogP contribution in [-0.2, 0) is 10.0 Å². The van der Waals surface area contributed by atoms with E-state index in [0.717, 1.165) is 5.56 Å². The molecule has 0 saturated carbocycles. The number of sulfonamides is 1. The van der Waals surface area contributed by atoms with Crippen molar-refractivity contribution in [1.82, 2.24) is 4.98 Å². The molecular weight excluding hydrogens is 288 g/mol. The van der Waals surface area contributed by atoms with E-state index in [4.69, 9.17) is 5.84 Å². The van der Waals surface area contributed by atoms with Crippen LogP contribution < -0.4 is 15.6 Å². The predicted octanol–water partition coefficient (Wildman–Crippen LogP) is 1.89. The fraction of sp³-hybridized carbons (Fsp3) is 0.214. The van der Waals surface area contributed by atoms with Gasteiger partial charge in [0.05, 0.1) is 11.4 Å². The highest BCUT2D eigenvalue weighted by Crippen LogP contribution is 2.27. The second-order valence-corrected chi connectivity index (χ2v) is 6.35. The number of hydrazine groups is 1. The van der Waals surface area contributed by atoms with E-state index in [1.807, 2.05) is 19.1 Å². The molecule has 0 amide bonds. The maximum absolute atomic E-state index is 12.8. The number of rotatable bonds is 5. The summed E-state index contributed by atoms with van der Waals surface area (Å²) in [5.41, 5.74) is 4.38. The van der Waals surface area contributed by atoms with E-state index < -0.39 is 10.0 Å². The van der Waals surface area contributed by atoms with Gasteiger partial charge >= 0.3 is 0 Å². The molecule has 0 fully saturated rings. The molecule has 0 unspecified atom stereocenters. The normalized spacial score (nSPS) is 11.2. The lowest BCUT2D eigenvalue weighted by molar-refractivity contribution is 0.591. The zero-order valence-electron chi connectivity index (χ0n) is 11.9. The molecule has 0 aliphatic heterocycles. The number of benzene rings is 1. The molecule has 0 atom stereocenters. The number of hydrogen-bond acceptors (Lipinski definition) is 5. The van der Waals surface area contributed by atoms with Crippen molar-refractivity contribution in [3.8, 4) is 0 Å².